The van der Waals surface area contributed by atoms with Gasteiger partial charge < -0.3 is 0 Å². The van der Waals surface area contributed by atoms with Gasteiger partial charge in [-0.05, 0) is 119 Å². The van der Waals surface area contributed by atoms with Crippen LogP contribution in [0.15, 0.2) is 115 Å². The summed E-state index contributed by atoms with van der Waals surface area (Å²) in [6.45, 7) is 4.47. The van der Waals surface area contributed by atoms with Crippen LogP contribution in [0.4, 0.5) is 0 Å². The Morgan fingerprint density at radius 2 is 1.14 bits per heavy atom. The lowest BCUT2D eigenvalue weighted by Crippen LogP contribution is -2.48. The summed E-state index contributed by atoms with van der Waals surface area (Å²) in [7, 11) is 0. The van der Waals surface area contributed by atoms with Crippen molar-refractivity contribution in [3.8, 4) is 62.5 Å². The lowest BCUT2D eigenvalue weighted by atomic mass is 9.48. The predicted octanol–water partition coefficient (Wildman–Crippen LogP) is 11.2. The molecule has 4 bridgehead atoms. The molecule has 1 heterocycles. The summed E-state index contributed by atoms with van der Waals surface area (Å²) < 4.78 is 0. The van der Waals surface area contributed by atoms with Crippen LogP contribution in [0.5, 0.6) is 0 Å². The number of hydrogen-bond acceptors (Lipinski definition) is 4. The highest BCUT2D eigenvalue weighted by atomic mass is 15.0. The van der Waals surface area contributed by atoms with Gasteiger partial charge in [0.05, 0.1) is 11.6 Å². The summed E-state index contributed by atoms with van der Waals surface area (Å²) in [5.74, 6) is 4.75. The van der Waals surface area contributed by atoms with Crippen LogP contribution >= 0.6 is 0 Å². The van der Waals surface area contributed by atoms with Gasteiger partial charge in [0.25, 0.3) is 0 Å². The van der Waals surface area contributed by atoms with E-state index in [1.165, 1.54) is 60.8 Å². The Morgan fingerprint density at radius 3 is 1.82 bits per heavy atom. The smallest absolute Gasteiger partial charge is 0.164 e. The highest BCUT2D eigenvalue weighted by Crippen LogP contribution is 2.61. The Bertz CT molecular complexity index is 2350. The molecule has 0 amide bonds. The summed E-state index contributed by atoms with van der Waals surface area (Å²) in [5.41, 5.74) is 12.4. The van der Waals surface area contributed by atoms with Gasteiger partial charge in [0.15, 0.2) is 17.5 Å². The topological polar surface area (TPSA) is 62.5 Å². The molecule has 4 nitrogen and oxygen atoms in total. The number of nitrogens with zero attached hydrogens (tertiary/aromatic N) is 4. The third-order valence-corrected chi connectivity index (χ3v) is 12.7. The molecule has 1 aromatic heterocycles. The van der Waals surface area contributed by atoms with E-state index >= 15 is 0 Å². The average Bonchev–Trinajstić information content (AvgIpc) is 3.39. The second-order valence-electron chi connectivity index (χ2n) is 16.3. The standard InChI is InChI=1S/C47H40N4/c1-46(2)41-19-15-35(24-40(41)38-18-12-29(28-48)23-42(38)46)44-49-43(34-8-4-3-5-9-34)50-45(51-44)39-11-7-6-10-37(39)33-13-16-36(17-14-33)47-25-30-20-31(26-47)22-32(21-30)27-47/h3-19,23-24,30-32H,20-22,25-27H2,1-2H3/t30-,31+,32?,47?. The first-order valence-electron chi connectivity index (χ1n) is 18.6. The molecule has 5 aliphatic carbocycles. The van der Waals surface area contributed by atoms with Crippen molar-refractivity contribution in [2.75, 3.05) is 0 Å². The third-order valence-electron chi connectivity index (χ3n) is 12.7. The van der Waals surface area contributed by atoms with Crippen molar-refractivity contribution in [3.63, 3.8) is 0 Å². The molecule has 4 heteroatoms. The normalized spacial score (nSPS) is 23.4. The van der Waals surface area contributed by atoms with E-state index in [0.717, 1.165) is 45.6 Å². The molecule has 248 valence electrons. The molecule has 51 heavy (non-hydrogen) atoms. The average molecular weight is 661 g/mol. The number of rotatable bonds is 5. The Kier molecular flexibility index (Phi) is 6.74. The summed E-state index contributed by atoms with van der Waals surface area (Å²) in [5, 5.41) is 9.62. The van der Waals surface area contributed by atoms with Gasteiger partial charge in [-0.1, -0.05) is 111 Å². The Balaban J connectivity index is 1.07. The van der Waals surface area contributed by atoms with E-state index in [9.17, 15) is 5.26 Å². The van der Waals surface area contributed by atoms with E-state index in [4.69, 9.17) is 15.0 Å². The van der Waals surface area contributed by atoms with Gasteiger partial charge in [-0.15, -0.1) is 0 Å². The summed E-state index contributed by atoms with van der Waals surface area (Å²) in [4.78, 5) is 15.4. The second-order valence-corrected chi connectivity index (χ2v) is 16.3. The molecule has 0 unspecified atom stereocenters. The minimum absolute atomic E-state index is 0.209. The van der Waals surface area contributed by atoms with Crippen LogP contribution in [0.3, 0.4) is 0 Å². The molecule has 0 saturated heterocycles. The van der Waals surface area contributed by atoms with Gasteiger partial charge in [0.2, 0.25) is 0 Å². The molecule has 0 spiro atoms. The van der Waals surface area contributed by atoms with Gasteiger partial charge >= 0.3 is 0 Å². The van der Waals surface area contributed by atoms with Crippen LogP contribution in [-0.4, -0.2) is 15.0 Å². The van der Waals surface area contributed by atoms with E-state index < -0.39 is 0 Å². The molecule has 5 aliphatic rings. The zero-order chi connectivity index (χ0) is 34.3. The van der Waals surface area contributed by atoms with Gasteiger partial charge in [0.1, 0.15) is 0 Å². The summed E-state index contributed by atoms with van der Waals surface area (Å²) in [6.07, 6.45) is 8.50. The number of aromatic nitrogens is 3. The van der Waals surface area contributed by atoms with Crippen molar-refractivity contribution in [2.45, 2.75) is 63.2 Å². The van der Waals surface area contributed by atoms with E-state index in [-0.39, 0.29) is 5.41 Å². The van der Waals surface area contributed by atoms with Gasteiger partial charge in [-0.3, -0.25) is 0 Å². The van der Waals surface area contributed by atoms with Crippen molar-refractivity contribution in [1.29, 1.82) is 5.26 Å². The van der Waals surface area contributed by atoms with Crippen LogP contribution in [0.2, 0.25) is 0 Å². The van der Waals surface area contributed by atoms with Crippen molar-refractivity contribution in [2.24, 2.45) is 17.8 Å². The van der Waals surface area contributed by atoms with E-state index in [2.05, 4.69) is 105 Å². The van der Waals surface area contributed by atoms with Crippen LogP contribution in [0, 0.1) is 29.1 Å². The van der Waals surface area contributed by atoms with E-state index in [0.29, 0.717) is 28.5 Å². The van der Waals surface area contributed by atoms with E-state index in [1.807, 2.05) is 30.3 Å². The molecular formula is C47H40N4. The Hall–Kier alpha value is -5.40. The quantitative estimate of drug-likeness (QED) is 0.185. The zero-order valence-corrected chi connectivity index (χ0v) is 29.2. The zero-order valence-electron chi connectivity index (χ0n) is 29.2. The van der Waals surface area contributed by atoms with E-state index in [1.54, 1.807) is 5.56 Å². The number of fused-ring (bicyclic) bond motifs is 3. The second kappa shape index (κ2) is 11.3. The summed E-state index contributed by atoms with van der Waals surface area (Å²) >= 11 is 0. The fourth-order valence-electron chi connectivity index (χ4n) is 10.7. The maximum atomic E-state index is 9.62. The van der Waals surface area contributed by atoms with Gasteiger partial charge in [-0.2, -0.15) is 5.26 Å². The lowest BCUT2D eigenvalue weighted by Gasteiger charge is -2.57. The molecule has 4 fully saturated rings. The van der Waals surface area contributed by atoms with Crippen molar-refractivity contribution >= 4 is 0 Å². The molecule has 0 aliphatic heterocycles. The van der Waals surface area contributed by atoms with Crippen molar-refractivity contribution in [1.82, 2.24) is 15.0 Å². The monoisotopic (exact) mass is 660 g/mol. The van der Waals surface area contributed by atoms with Gasteiger partial charge in [-0.25, -0.2) is 15.0 Å². The highest BCUT2D eigenvalue weighted by molar-refractivity contribution is 5.85. The maximum absolute atomic E-state index is 9.62. The first-order chi connectivity index (χ1) is 24.9. The van der Waals surface area contributed by atoms with Gasteiger partial charge in [0, 0.05) is 22.1 Å². The van der Waals surface area contributed by atoms with Crippen LogP contribution in [0.1, 0.15) is 74.6 Å². The molecule has 11 rings (SSSR count). The molecule has 4 saturated carbocycles. The number of benzene rings is 5. The largest absolute Gasteiger partial charge is 0.208 e. The molecule has 0 radical (unpaired) electrons. The predicted molar refractivity (Wildman–Crippen MR) is 204 cm³/mol. The van der Waals surface area contributed by atoms with Crippen LogP contribution < -0.4 is 0 Å². The van der Waals surface area contributed by atoms with Crippen molar-refractivity contribution < 1.29 is 0 Å². The fourth-order valence-corrected chi connectivity index (χ4v) is 10.7. The molecule has 0 N–H and O–H groups in total. The van der Waals surface area contributed by atoms with Crippen molar-refractivity contribution in [3.05, 3.63) is 138 Å². The molecular weight excluding hydrogens is 621 g/mol. The summed E-state index contributed by atoms with van der Waals surface area (Å²) in [6, 6.07) is 43.2. The first kappa shape index (κ1) is 30.4. The molecule has 6 aromatic rings. The first-order valence-corrected chi connectivity index (χ1v) is 18.6. The van der Waals surface area contributed by atoms with Crippen LogP contribution in [0.25, 0.3) is 56.4 Å². The molecule has 5 aromatic carbocycles. The number of hydrogen-bond donors (Lipinski definition) is 0. The molecule has 0 atom stereocenters. The Labute approximate surface area is 300 Å². The number of nitriles is 1. The highest BCUT2D eigenvalue weighted by Gasteiger charge is 2.51. The Morgan fingerprint density at radius 1 is 0.529 bits per heavy atom. The fraction of sp³-hybridized carbons (Fsp3) is 0.277. The van der Waals surface area contributed by atoms with Crippen LogP contribution in [-0.2, 0) is 10.8 Å². The maximum Gasteiger partial charge on any atom is 0.164 e. The SMILES string of the molecule is CC1(C)c2ccc(-c3nc(-c4ccccc4)nc(-c4ccccc4-c4ccc(C56CC7C[C@H](C5)C[C@@H](C7)C6)cc4)n3)cc2-c2ccc(C#N)cc21. The minimum Gasteiger partial charge on any atom is -0.208 e. The lowest BCUT2D eigenvalue weighted by molar-refractivity contribution is -0.00518. The third kappa shape index (κ3) is 4.89. The minimum atomic E-state index is -0.209.